The molecule has 3 nitrogen and oxygen atoms in total. The van der Waals surface area contributed by atoms with Crippen LogP contribution in [0, 0.1) is 0 Å². The molecule has 0 aromatic heterocycles. The highest BCUT2D eigenvalue weighted by molar-refractivity contribution is 5.95. The summed E-state index contributed by atoms with van der Waals surface area (Å²) in [4.78, 5) is 13.5. The summed E-state index contributed by atoms with van der Waals surface area (Å²) in [5, 5.41) is 3.14. The smallest absolute Gasteiger partial charge is 0.384 e. The highest BCUT2D eigenvalue weighted by atomic mass is 19.4. The third-order valence-corrected chi connectivity index (χ3v) is 3.94. The van der Waals surface area contributed by atoms with Crippen molar-refractivity contribution in [1.82, 2.24) is 4.90 Å². The molecule has 0 fully saturated rings. The fourth-order valence-electron chi connectivity index (χ4n) is 2.83. The van der Waals surface area contributed by atoms with Gasteiger partial charge in [-0.25, -0.2) is 0 Å². The number of nitrogens with zero attached hydrogens (tertiary/aromatic N) is 1. The minimum Gasteiger partial charge on any atom is -0.384 e. The molecule has 1 aliphatic heterocycles. The second-order valence-electron chi connectivity index (χ2n) is 5.81. The zero-order valence-corrected chi connectivity index (χ0v) is 12.9. The fourth-order valence-corrected chi connectivity index (χ4v) is 2.83. The third kappa shape index (κ3) is 3.88. The van der Waals surface area contributed by atoms with Gasteiger partial charge in [0.25, 0.3) is 5.91 Å². The molecule has 1 heterocycles. The Bertz CT molecular complexity index is 729. The van der Waals surface area contributed by atoms with E-state index in [1.54, 1.807) is 48.5 Å². The van der Waals surface area contributed by atoms with Crippen molar-refractivity contribution in [3.8, 4) is 0 Å². The number of anilines is 1. The van der Waals surface area contributed by atoms with Gasteiger partial charge < -0.3 is 10.2 Å². The summed E-state index contributed by atoms with van der Waals surface area (Å²) < 4.78 is 38.7. The molecule has 0 radical (unpaired) electrons. The van der Waals surface area contributed by atoms with E-state index < -0.39 is 18.6 Å². The molecule has 126 valence electrons. The van der Waals surface area contributed by atoms with Crippen LogP contribution in [-0.4, -0.2) is 30.1 Å². The number of fused-ring (bicyclic) bond motifs is 1. The van der Waals surface area contributed by atoms with Crippen molar-refractivity contribution >= 4 is 11.6 Å². The SMILES string of the molecule is O=C(c1ccc2c(c1)NCC2)N(Cc1ccccc1)CC(F)(F)F. The van der Waals surface area contributed by atoms with Crippen LogP contribution < -0.4 is 5.32 Å². The lowest BCUT2D eigenvalue weighted by atomic mass is 10.1. The van der Waals surface area contributed by atoms with Gasteiger partial charge in [0, 0.05) is 24.3 Å². The molecule has 0 bridgehead atoms. The van der Waals surface area contributed by atoms with Crippen LogP contribution in [0.25, 0.3) is 0 Å². The topological polar surface area (TPSA) is 32.3 Å². The van der Waals surface area contributed by atoms with E-state index >= 15 is 0 Å². The average Bonchev–Trinajstić information content (AvgIpc) is 3.01. The van der Waals surface area contributed by atoms with Crippen LogP contribution >= 0.6 is 0 Å². The summed E-state index contributed by atoms with van der Waals surface area (Å²) in [6.07, 6.45) is -3.58. The van der Waals surface area contributed by atoms with E-state index in [4.69, 9.17) is 0 Å². The molecule has 0 atom stereocenters. The van der Waals surface area contributed by atoms with E-state index in [1.165, 1.54) is 0 Å². The summed E-state index contributed by atoms with van der Waals surface area (Å²) >= 11 is 0. The molecule has 3 rings (SSSR count). The third-order valence-electron chi connectivity index (χ3n) is 3.94. The molecule has 0 unspecified atom stereocenters. The molecule has 0 spiro atoms. The van der Waals surface area contributed by atoms with Crippen molar-refractivity contribution in [1.29, 1.82) is 0 Å². The van der Waals surface area contributed by atoms with Crippen molar-refractivity contribution in [2.24, 2.45) is 0 Å². The Morgan fingerprint density at radius 2 is 1.88 bits per heavy atom. The quantitative estimate of drug-likeness (QED) is 0.921. The Hall–Kier alpha value is -2.50. The second-order valence-corrected chi connectivity index (χ2v) is 5.81. The van der Waals surface area contributed by atoms with Gasteiger partial charge in [-0.15, -0.1) is 0 Å². The van der Waals surface area contributed by atoms with Crippen molar-refractivity contribution < 1.29 is 18.0 Å². The van der Waals surface area contributed by atoms with Crippen molar-refractivity contribution in [2.45, 2.75) is 19.1 Å². The van der Waals surface area contributed by atoms with Gasteiger partial charge in [0.15, 0.2) is 0 Å². The summed E-state index contributed by atoms with van der Waals surface area (Å²) in [6, 6.07) is 13.7. The van der Waals surface area contributed by atoms with Gasteiger partial charge in [-0.1, -0.05) is 36.4 Å². The van der Waals surface area contributed by atoms with E-state index in [2.05, 4.69) is 5.32 Å². The molecular formula is C18H17F3N2O. The van der Waals surface area contributed by atoms with Gasteiger partial charge in [0.05, 0.1) is 0 Å². The maximum atomic E-state index is 12.9. The number of rotatable bonds is 4. The number of halogens is 3. The molecule has 24 heavy (non-hydrogen) atoms. The van der Waals surface area contributed by atoms with E-state index in [1.807, 2.05) is 0 Å². The largest absolute Gasteiger partial charge is 0.406 e. The fraction of sp³-hybridized carbons (Fsp3) is 0.278. The van der Waals surface area contributed by atoms with Crippen LogP contribution in [0.5, 0.6) is 0 Å². The first-order valence-corrected chi connectivity index (χ1v) is 7.69. The standard InChI is InChI=1S/C18H17F3N2O/c19-18(20,21)12-23(11-13-4-2-1-3-5-13)17(24)15-7-6-14-8-9-22-16(14)10-15/h1-7,10,22H,8-9,11-12H2. The Kier molecular flexibility index (Phi) is 4.46. The Morgan fingerprint density at radius 3 is 2.58 bits per heavy atom. The molecule has 0 saturated heterocycles. The van der Waals surface area contributed by atoms with Crippen LogP contribution in [0.1, 0.15) is 21.5 Å². The molecule has 2 aromatic rings. The van der Waals surface area contributed by atoms with Gasteiger partial charge in [-0.05, 0) is 29.7 Å². The van der Waals surface area contributed by atoms with Crippen LogP contribution in [0.3, 0.4) is 0 Å². The highest BCUT2D eigenvalue weighted by Crippen LogP contribution is 2.25. The normalized spacial score (nSPS) is 13.3. The molecule has 1 aliphatic rings. The summed E-state index contributed by atoms with van der Waals surface area (Å²) in [5.41, 5.74) is 2.84. The maximum absolute atomic E-state index is 12.9. The molecule has 6 heteroatoms. The summed E-state index contributed by atoms with van der Waals surface area (Å²) in [7, 11) is 0. The highest BCUT2D eigenvalue weighted by Gasteiger charge is 2.33. The Balaban J connectivity index is 1.85. The Morgan fingerprint density at radius 1 is 1.12 bits per heavy atom. The minimum atomic E-state index is -4.45. The van der Waals surface area contributed by atoms with Crippen LogP contribution in [0.2, 0.25) is 0 Å². The van der Waals surface area contributed by atoms with Gasteiger partial charge in [0.1, 0.15) is 6.54 Å². The van der Waals surface area contributed by atoms with Crippen molar-refractivity contribution in [3.63, 3.8) is 0 Å². The summed E-state index contributed by atoms with van der Waals surface area (Å²) in [5.74, 6) is -0.618. The predicted octanol–water partition coefficient (Wildman–Crippen LogP) is 3.86. The monoisotopic (exact) mass is 334 g/mol. The van der Waals surface area contributed by atoms with Crippen LogP contribution in [-0.2, 0) is 13.0 Å². The van der Waals surface area contributed by atoms with Crippen LogP contribution in [0.15, 0.2) is 48.5 Å². The van der Waals surface area contributed by atoms with E-state index in [0.717, 1.165) is 29.1 Å². The first kappa shape index (κ1) is 16.4. The number of nitrogens with one attached hydrogen (secondary N) is 1. The lowest BCUT2D eigenvalue weighted by molar-refractivity contribution is -0.141. The molecular weight excluding hydrogens is 317 g/mol. The molecule has 0 aliphatic carbocycles. The maximum Gasteiger partial charge on any atom is 0.406 e. The number of carbonyl (C=O) groups is 1. The number of hydrogen-bond donors (Lipinski definition) is 1. The first-order valence-electron chi connectivity index (χ1n) is 7.69. The van der Waals surface area contributed by atoms with Crippen molar-refractivity contribution in [3.05, 3.63) is 65.2 Å². The minimum absolute atomic E-state index is 0.0797. The van der Waals surface area contributed by atoms with Crippen LogP contribution in [0.4, 0.5) is 18.9 Å². The molecule has 1 amide bonds. The number of hydrogen-bond acceptors (Lipinski definition) is 2. The summed E-state index contributed by atoms with van der Waals surface area (Å²) in [6.45, 7) is -0.571. The number of benzene rings is 2. The second kappa shape index (κ2) is 6.55. The average molecular weight is 334 g/mol. The molecule has 0 saturated carbocycles. The van der Waals surface area contributed by atoms with E-state index in [0.29, 0.717) is 5.56 Å². The first-order chi connectivity index (χ1) is 11.4. The van der Waals surface area contributed by atoms with Gasteiger partial charge in [-0.2, -0.15) is 13.2 Å². The number of alkyl halides is 3. The zero-order chi connectivity index (χ0) is 17.2. The number of amides is 1. The lowest BCUT2D eigenvalue weighted by Crippen LogP contribution is -2.38. The number of carbonyl (C=O) groups excluding carboxylic acids is 1. The van der Waals surface area contributed by atoms with Crippen molar-refractivity contribution in [2.75, 3.05) is 18.4 Å². The van der Waals surface area contributed by atoms with Gasteiger partial charge in [0.2, 0.25) is 0 Å². The van der Waals surface area contributed by atoms with Gasteiger partial charge in [-0.3, -0.25) is 4.79 Å². The molecule has 1 N–H and O–H groups in total. The van der Waals surface area contributed by atoms with E-state index in [-0.39, 0.29) is 12.1 Å². The van der Waals surface area contributed by atoms with E-state index in [9.17, 15) is 18.0 Å². The predicted molar refractivity (Wildman–Crippen MR) is 85.9 cm³/mol. The lowest BCUT2D eigenvalue weighted by Gasteiger charge is -2.24. The molecule has 2 aromatic carbocycles. The van der Waals surface area contributed by atoms with Gasteiger partial charge >= 0.3 is 6.18 Å². The Labute approximate surface area is 138 Å². The zero-order valence-electron chi connectivity index (χ0n) is 12.9.